The van der Waals surface area contributed by atoms with Crippen molar-refractivity contribution >= 4 is 11.4 Å². The summed E-state index contributed by atoms with van der Waals surface area (Å²) in [7, 11) is 0. The highest BCUT2D eigenvalue weighted by Gasteiger charge is 2.11. The highest BCUT2D eigenvalue weighted by molar-refractivity contribution is 5.97. The maximum Gasteiger partial charge on any atom is 0.155 e. The normalized spacial score (nSPS) is 17.4. The fourth-order valence-electron chi connectivity index (χ4n) is 1.88. The van der Waals surface area contributed by atoms with Gasteiger partial charge in [-0.05, 0) is 37.8 Å². The molecule has 0 radical (unpaired) electrons. The third kappa shape index (κ3) is 2.35. The summed E-state index contributed by atoms with van der Waals surface area (Å²) in [5.41, 5.74) is 2.25. The highest BCUT2D eigenvalue weighted by Crippen LogP contribution is 2.24. The number of carbonyl (C=O) groups is 1. The van der Waals surface area contributed by atoms with Crippen LogP contribution in [-0.4, -0.2) is 15.6 Å². The van der Waals surface area contributed by atoms with Crippen molar-refractivity contribution in [3.05, 3.63) is 24.0 Å². The quantitative estimate of drug-likeness (QED) is 0.741. The van der Waals surface area contributed by atoms with Crippen LogP contribution in [0.4, 0.5) is 0 Å². The SMILES string of the molecule is CCn1cc(C2=CC(=O)CCCC2)cn1. The summed E-state index contributed by atoms with van der Waals surface area (Å²) in [4.78, 5) is 11.4. The second kappa shape index (κ2) is 4.43. The van der Waals surface area contributed by atoms with E-state index in [1.54, 1.807) is 6.08 Å². The van der Waals surface area contributed by atoms with E-state index in [1.807, 2.05) is 17.1 Å². The Hall–Kier alpha value is -1.38. The molecule has 0 aliphatic heterocycles. The van der Waals surface area contributed by atoms with E-state index in [1.165, 1.54) is 0 Å². The molecule has 0 amide bonds. The largest absolute Gasteiger partial charge is 0.295 e. The average Bonchev–Trinajstić information content (AvgIpc) is 2.61. The number of nitrogens with zero attached hydrogens (tertiary/aromatic N) is 2. The first kappa shape index (κ1) is 10.1. The van der Waals surface area contributed by atoms with Gasteiger partial charge in [0.2, 0.25) is 0 Å². The van der Waals surface area contributed by atoms with Gasteiger partial charge in [0.05, 0.1) is 6.20 Å². The fraction of sp³-hybridized carbons (Fsp3) is 0.500. The van der Waals surface area contributed by atoms with Crippen molar-refractivity contribution in [2.45, 2.75) is 39.2 Å². The van der Waals surface area contributed by atoms with Gasteiger partial charge in [0.1, 0.15) is 0 Å². The number of allylic oxidation sites excluding steroid dienone is 2. The lowest BCUT2D eigenvalue weighted by molar-refractivity contribution is -0.114. The molecule has 1 aliphatic carbocycles. The first-order valence-electron chi connectivity index (χ1n) is 5.56. The van der Waals surface area contributed by atoms with Crippen molar-refractivity contribution in [3.8, 4) is 0 Å². The maximum absolute atomic E-state index is 11.4. The van der Waals surface area contributed by atoms with Gasteiger partial charge in [-0.15, -0.1) is 0 Å². The molecule has 1 aliphatic rings. The van der Waals surface area contributed by atoms with Crippen LogP contribution in [0, 0.1) is 0 Å². The molecule has 0 spiro atoms. The molecular weight excluding hydrogens is 188 g/mol. The average molecular weight is 204 g/mol. The Labute approximate surface area is 89.8 Å². The molecule has 0 atom stereocenters. The van der Waals surface area contributed by atoms with E-state index in [4.69, 9.17) is 0 Å². The van der Waals surface area contributed by atoms with E-state index in [0.29, 0.717) is 6.42 Å². The summed E-state index contributed by atoms with van der Waals surface area (Å²) < 4.78 is 1.89. The number of carbonyl (C=O) groups excluding carboxylic acids is 1. The molecule has 1 aromatic heterocycles. The van der Waals surface area contributed by atoms with Crippen molar-refractivity contribution in [1.82, 2.24) is 9.78 Å². The van der Waals surface area contributed by atoms with E-state index in [0.717, 1.165) is 36.9 Å². The second-order valence-electron chi connectivity index (χ2n) is 3.93. The molecule has 0 saturated heterocycles. The van der Waals surface area contributed by atoms with Crippen molar-refractivity contribution in [2.24, 2.45) is 0 Å². The monoisotopic (exact) mass is 204 g/mol. The van der Waals surface area contributed by atoms with E-state index < -0.39 is 0 Å². The van der Waals surface area contributed by atoms with Crippen LogP contribution in [0.3, 0.4) is 0 Å². The van der Waals surface area contributed by atoms with Crippen molar-refractivity contribution in [3.63, 3.8) is 0 Å². The molecule has 0 fully saturated rings. The van der Waals surface area contributed by atoms with Crippen LogP contribution in [0.25, 0.3) is 5.57 Å². The lowest BCUT2D eigenvalue weighted by Crippen LogP contribution is -1.92. The summed E-state index contributed by atoms with van der Waals surface area (Å²) in [6.45, 7) is 2.94. The molecule has 0 N–H and O–H groups in total. The van der Waals surface area contributed by atoms with Gasteiger partial charge in [0, 0.05) is 24.7 Å². The van der Waals surface area contributed by atoms with Crippen LogP contribution in [0.2, 0.25) is 0 Å². The summed E-state index contributed by atoms with van der Waals surface area (Å²) >= 11 is 0. The molecule has 0 bridgehead atoms. The number of rotatable bonds is 2. The van der Waals surface area contributed by atoms with Crippen molar-refractivity contribution < 1.29 is 4.79 Å². The Morgan fingerprint density at radius 2 is 2.20 bits per heavy atom. The Balaban J connectivity index is 2.24. The summed E-state index contributed by atoms with van der Waals surface area (Å²) in [6.07, 6.45) is 9.49. The molecular formula is C12H16N2O. The topological polar surface area (TPSA) is 34.9 Å². The number of hydrogen-bond donors (Lipinski definition) is 0. The van der Waals surface area contributed by atoms with Crippen LogP contribution >= 0.6 is 0 Å². The zero-order chi connectivity index (χ0) is 10.7. The second-order valence-corrected chi connectivity index (χ2v) is 3.93. The third-order valence-corrected chi connectivity index (χ3v) is 2.78. The first-order chi connectivity index (χ1) is 7.29. The summed E-state index contributed by atoms with van der Waals surface area (Å²) in [6, 6.07) is 0. The van der Waals surface area contributed by atoms with Crippen LogP contribution in [0.1, 0.15) is 38.2 Å². The van der Waals surface area contributed by atoms with Crippen LogP contribution < -0.4 is 0 Å². The minimum absolute atomic E-state index is 0.256. The molecule has 2 rings (SSSR count). The minimum Gasteiger partial charge on any atom is -0.295 e. The van der Waals surface area contributed by atoms with Crippen LogP contribution in [0.15, 0.2) is 18.5 Å². The van der Waals surface area contributed by atoms with E-state index >= 15 is 0 Å². The number of ketones is 1. The molecule has 1 heterocycles. The van der Waals surface area contributed by atoms with Crippen LogP contribution in [-0.2, 0) is 11.3 Å². The van der Waals surface area contributed by atoms with Gasteiger partial charge in [-0.3, -0.25) is 9.48 Å². The van der Waals surface area contributed by atoms with Gasteiger partial charge < -0.3 is 0 Å². The maximum atomic E-state index is 11.4. The zero-order valence-electron chi connectivity index (χ0n) is 9.07. The summed E-state index contributed by atoms with van der Waals surface area (Å²) in [5, 5.41) is 4.23. The van der Waals surface area contributed by atoms with Gasteiger partial charge in [-0.2, -0.15) is 5.10 Å². The van der Waals surface area contributed by atoms with Gasteiger partial charge in [-0.25, -0.2) is 0 Å². The number of hydrogen-bond acceptors (Lipinski definition) is 2. The van der Waals surface area contributed by atoms with Gasteiger partial charge in [0.25, 0.3) is 0 Å². The molecule has 15 heavy (non-hydrogen) atoms. The molecule has 3 heteroatoms. The fourth-order valence-corrected chi connectivity index (χ4v) is 1.88. The summed E-state index contributed by atoms with van der Waals surface area (Å²) in [5.74, 6) is 0.256. The molecule has 1 aromatic rings. The molecule has 0 unspecified atom stereocenters. The lowest BCUT2D eigenvalue weighted by atomic mass is 10.1. The standard InChI is InChI=1S/C12H16N2O/c1-2-14-9-11(8-13-14)10-5-3-4-6-12(15)7-10/h7-9H,2-6H2,1H3. The molecule has 3 nitrogen and oxygen atoms in total. The van der Waals surface area contributed by atoms with E-state index in [9.17, 15) is 4.79 Å². The highest BCUT2D eigenvalue weighted by atomic mass is 16.1. The number of aryl methyl sites for hydroxylation is 1. The Morgan fingerprint density at radius 3 is 2.93 bits per heavy atom. The Kier molecular flexibility index (Phi) is 2.99. The minimum atomic E-state index is 0.256. The zero-order valence-corrected chi connectivity index (χ0v) is 9.07. The van der Waals surface area contributed by atoms with E-state index in [2.05, 4.69) is 12.0 Å². The predicted octanol–water partition coefficient (Wildman–Crippen LogP) is 2.43. The van der Waals surface area contributed by atoms with Gasteiger partial charge in [0.15, 0.2) is 5.78 Å². The first-order valence-corrected chi connectivity index (χ1v) is 5.56. The van der Waals surface area contributed by atoms with Crippen molar-refractivity contribution in [2.75, 3.05) is 0 Å². The Morgan fingerprint density at radius 1 is 1.40 bits per heavy atom. The van der Waals surface area contributed by atoms with Crippen LogP contribution in [0.5, 0.6) is 0 Å². The lowest BCUT2D eigenvalue weighted by Gasteiger charge is -1.99. The Bertz CT molecular complexity index is 390. The number of aromatic nitrogens is 2. The predicted molar refractivity (Wildman–Crippen MR) is 59.4 cm³/mol. The smallest absolute Gasteiger partial charge is 0.155 e. The molecule has 80 valence electrons. The van der Waals surface area contributed by atoms with Gasteiger partial charge in [-0.1, -0.05) is 0 Å². The van der Waals surface area contributed by atoms with Gasteiger partial charge >= 0.3 is 0 Å². The molecule has 0 saturated carbocycles. The molecule has 0 aromatic carbocycles. The van der Waals surface area contributed by atoms with Crippen molar-refractivity contribution in [1.29, 1.82) is 0 Å². The van der Waals surface area contributed by atoms with E-state index in [-0.39, 0.29) is 5.78 Å². The third-order valence-electron chi connectivity index (χ3n) is 2.78.